The van der Waals surface area contributed by atoms with Crippen LogP contribution in [0.2, 0.25) is 0 Å². The first-order valence-electron chi connectivity index (χ1n) is 10.9. The number of carbonyl (C=O) groups excluding carboxylic acids is 1. The Morgan fingerprint density at radius 2 is 1.68 bits per heavy atom. The highest BCUT2D eigenvalue weighted by Crippen LogP contribution is 2.26. The van der Waals surface area contributed by atoms with Gasteiger partial charge in [-0.15, -0.1) is 18.3 Å². The number of ether oxygens (including phenoxy) is 1. The molecule has 13 heteroatoms. The number of benzene rings is 2. The van der Waals surface area contributed by atoms with Crippen LogP contribution >= 0.6 is 11.8 Å². The Bertz CT molecular complexity index is 1370. The number of alkyl halides is 3. The summed E-state index contributed by atoms with van der Waals surface area (Å²) in [5.41, 5.74) is 3.01. The first kappa shape index (κ1) is 26.1. The number of carbonyl (C=O) groups is 1. The fourth-order valence-corrected chi connectivity index (χ4v) is 4.31. The predicted octanol–water partition coefficient (Wildman–Crippen LogP) is 4.93. The number of hydrogen-bond acceptors (Lipinski definition) is 7. The van der Waals surface area contributed by atoms with E-state index in [2.05, 4.69) is 30.3 Å². The average Bonchev–Trinajstić information content (AvgIpc) is 3.25. The lowest BCUT2D eigenvalue weighted by molar-refractivity contribution is -0.274. The van der Waals surface area contributed by atoms with E-state index in [4.69, 9.17) is 0 Å². The van der Waals surface area contributed by atoms with Gasteiger partial charge in [-0.05, 0) is 61.9 Å². The maximum absolute atomic E-state index is 13.2. The van der Waals surface area contributed by atoms with Gasteiger partial charge in [-0.3, -0.25) is 4.79 Å². The normalized spacial score (nSPS) is 11.4. The summed E-state index contributed by atoms with van der Waals surface area (Å²) in [6.07, 6.45) is -4.82. The number of aryl methyl sites for hydroxylation is 2. The Hall–Kier alpha value is -4.00. The van der Waals surface area contributed by atoms with Crippen LogP contribution in [0.4, 0.5) is 17.6 Å². The van der Waals surface area contributed by atoms with E-state index in [-0.39, 0.29) is 18.0 Å². The van der Waals surface area contributed by atoms with Gasteiger partial charge in [0.25, 0.3) is 5.91 Å². The van der Waals surface area contributed by atoms with Crippen molar-refractivity contribution in [2.75, 3.05) is 0 Å². The van der Waals surface area contributed by atoms with Gasteiger partial charge in [0.2, 0.25) is 0 Å². The molecule has 0 spiro atoms. The van der Waals surface area contributed by atoms with Gasteiger partial charge in [0, 0.05) is 23.7 Å². The summed E-state index contributed by atoms with van der Waals surface area (Å²) in [4.78, 5) is 21.8. The third-order valence-corrected chi connectivity index (χ3v) is 5.82. The third-order valence-electron chi connectivity index (χ3n) is 4.96. The number of thioether (sulfide) groups is 1. The molecule has 2 aromatic carbocycles. The minimum atomic E-state index is -4.82. The van der Waals surface area contributed by atoms with E-state index in [1.165, 1.54) is 40.7 Å². The molecule has 0 fully saturated rings. The van der Waals surface area contributed by atoms with E-state index in [1.807, 2.05) is 19.9 Å². The number of nitrogens with one attached hydrogen (secondary N) is 1. The van der Waals surface area contributed by atoms with Crippen molar-refractivity contribution in [2.24, 2.45) is 0 Å². The van der Waals surface area contributed by atoms with Crippen molar-refractivity contribution >= 4 is 17.7 Å². The number of halogens is 4. The van der Waals surface area contributed by atoms with Gasteiger partial charge in [-0.2, -0.15) is 0 Å². The van der Waals surface area contributed by atoms with E-state index < -0.39 is 23.8 Å². The van der Waals surface area contributed by atoms with Crippen molar-refractivity contribution in [2.45, 2.75) is 37.7 Å². The summed E-state index contributed by atoms with van der Waals surface area (Å²) in [7, 11) is 0. The topological polar surface area (TPSA) is 94.8 Å². The monoisotopic (exact) mass is 532 g/mol. The first-order chi connectivity index (χ1) is 17.6. The van der Waals surface area contributed by atoms with Gasteiger partial charge in [-0.25, -0.2) is 19.0 Å². The van der Waals surface area contributed by atoms with Crippen LogP contribution in [0.3, 0.4) is 0 Å². The van der Waals surface area contributed by atoms with Crippen LogP contribution in [0.5, 0.6) is 5.75 Å². The standard InChI is InChI=1S/C24H20F4N6O2S/c1-14-11-15(2)31-23(30-14)37-13-20-21(22(35)29-12-16-3-5-17(25)6-4-16)32-33-34(20)18-7-9-19(10-8-18)36-24(26,27)28/h3-11H,12-13H2,1-2H3,(H,29,35). The molecule has 0 saturated heterocycles. The number of hydrogen-bond donors (Lipinski definition) is 1. The van der Waals surface area contributed by atoms with Crippen molar-refractivity contribution < 1.29 is 27.1 Å². The molecule has 0 bridgehead atoms. The molecular weight excluding hydrogens is 512 g/mol. The average molecular weight is 533 g/mol. The number of aromatic nitrogens is 5. The molecule has 0 saturated carbocycles. The Balaban J connectivity index is 1.60. The predicted molar refractivity (Wildman–Crippen MR) is 127 cm³/mol. The quantitative estimate of drug-likeness (QED) is 0.195. The van der Waals surface area contributed by atoms with Gasteiger partial charge in [0.15, 0.2) is 10.9 Å². The Morgan fingerprint density at radius 1 is 1.03 bits per heavy atom. The largest absolute Gasteiger partial charge is 0.573 e. The van der Waals surface area contributed by atoms with E-state index in [0.717, 1.165) is 23.5 Å². The van der Waals surface area contributed by atoms with Gasteiger partial charge in [0.05, 0.1) is 11.4 Å². The Labute approximate surface area is 213 Å². The van der Waals surface area contributed by atoms with E-state index in [1.54, 1.807) is 12.1 Å². The first-order valence-corrected chi connectivity index (χ1v) is 11.8. The highest BCUT2D eigenvalue weighted by Gasteiger charge is 2.31. The number of nitrogens with zero attached hydrogens (tertiary/aromatic N) is 5. The molecule has 192 valence electrons. The second kappa shape index (κ2) is 10.9. The number of rotatable bonds is 8. The summed E-state index contributed by atoms with van der Waals surface area (Å²) in [6.45, 7) is 3.80. The van der Waals surface area contributed by atoms with Crippen molar-refractivity contribution in [1.82, 2.24) is 30.3 Å². The van der Waals surface area contributed by atoms with Gasteiger partial charge in [0.1, 0.15) is 11.6 Å². The summed E-state index contributed by atoms with van der Waals surface area (Å²) >= 11 is 1.26. The molecule has 1 amide bonds. The van der Waals surface area contributed by atoms with Gasteiger partial charge >= 0.3 is 6.36 Å². The minimum absolute atomic E-state index is 0.0228. The highest BCUT2D eigenvalue weighted by atomic mass is 32.2. The highest BCUT2D eigenvalue weighted by molar-refractivity contribution is 7.98. The third kappa shape index (κ3) is 7.03. The molecule has 0 unspecified atom stereocenters. The molecule has 0 aliphatic carbocycles. The fraction of sp³-hybridized carbons (Fsp3) is 0.208. The molecule has 4 rings (SSSR count). The van der Waals surface area contributed by atoms with Crippen molar-refractivity contribution in [3.05, 3.63) is 88.8 Å². The van der Waals surface area contributed by atoms with Gasteiger partial charge < -0.3 is 10.1 Å². The van der Waals surface area contributed by atoms with Crippen LogP contribution in [-0.4, -0.2) is 37.2 Å². The van der Waals surface area contributed by atoms with Crippen molar-refractivity contribution in [3.63, 3.8) is 0 Å². The molecule has 0 aliphatic heterocycles. The zero-order valence-corrected chi connectivity index (χ0v) is 20.4. The van der Waals surface area contributed by atoms with E-state index in [0.29, 0.717) is 22.1 Å². The second-order valence-electron chi connectivity index (χ2n) is 7.87. The molecule has 0 atom stereocenters. The zero-order chi connectivity index (χ0) is 26.6. The summed E-state index contributed by atoms with van der Waals surface area (Å²) < 4.78 is 56.0. The lowest BCUT2D eigenvalue weighted by Crippen LogP contribution is -2.24. The van der Waals surface area contributed by atoms with Crippen molar-refractivity contribution in [3.8, 4) is 11.4 Å². The molecule has 8 nitrogen and oxygen atoms in total. The summed E-state index contributed by atoms with van der Waals surface area (Å²) in [5.74, 6) is -1.12. The lowest BCUT2D eigenvalue weighted by atomic mass is 10.2. The van der Waals surface area contributed by atoms with Crippen LogP contribution in [0, 0.1) is 19.7 Å². The lowest BCUT2D eigenvalue weighted by Gasteiger charge is -2.11. The molecule has 1 N–H and O–H groups in total. The van der Waals surface area contributed by atoms with Gasteiger partial charge in [-0.1, -0.05) is 29.1 Å². The molecule has 0 radical (unpaired) electrons. The van der Waals surface area contributed by atoms with E-state index in [9.17, 15) is 22.4 Å². The van der Waals surface area contributed by atoms with Crippen LogP contribution < -0.4 is 10.1 Å². The summed E-state index contributed by atoms with van der Waals surface area (Å²) in [6, 6.07) is 12.5. The fourth-order valence-electron chi connectivity index (χ4n) is 3.36. The maximum atomic E-state index is 13.2. The van der Waals surface area contributed by atoms with Crippen LogP contribution in [0.25, 0.3) is 5.69 Å². The van der Waals surface area contributed by atoms with E-state index >= 15 is 0 Å². The van der Waals surface area contributed by atoms with Crippen molar-refractivity contribution in [1.29, 1.82) is 0 Å². The Kier molecular flexibility index (Phi) is 7.71. The molecule has 2 aromatic heterocycles. The van der Waals surface area contributed by atoms with Crippen LogP contribution in [0.15, 0.2) is 59.8 Å². The molecule has 4 aromatic rings. The van der Waals surface area contributed by atoms with Crippen LogP contribution in [-0.2, 0) is 12.3 Å². The molecular formula is C24H20F4N6O2S. The zero-order valence-electron chi connectivity index (χ0n) is 19.6. The Morgan fingerprint density at radius 3 is 2.30 bits per heavy atom. The molecule has 37 heavy (non-hydrogen) atoms. The molecule has 0 aliphatic rings. The SMILES string of the molecule is Cc1cc(C)nc(SCc2c(C(=O)NCc3ccc(F)cc3)nnn2-c2ccc(OC(F)(F)F)cc2)n1. The number of amides is 1. The second-order valence-corrected chi connectivity index (χ2v) is 8.81. The van der Waals surface area contributed by atoms with Crippen LogP contribution in [0.1, 0.15) is 33.1 Å². The molecule has 2 heterocycles. The minimum Gasteiger partial charge on any atom is -0.406 e. The summed E-state index contributed by atoms with van der Waals surface area (Å²) in [5, 5.41) is 11.3. The smallest absolute Gasteiger partial charge is 0.406 e. The maximum Gasteiger partial charge on any atom is 0.573 e.